The van der Waals surface area contributed by atoms with Gasteiger partial charge in [-0.3, -0.25) is 0 Å². The fourth-order valence-corrected chi connectivity index (χ4v) is 2.52. The van der Waals surface area contributed by atoms with E-state index in [1.807, 2.05) is 6.92 Å². The van der Waals surface area contributed by atoms with Gasteiger partial charge in [-0.15, -0.1) is 5.92 Å². The Bertz CT molecular complexity index is 312. The molecule has 1 rings (SSSR count). The number of aliphatic hydroxyl groups is 1. The van der Waals surface area contributed by atoms with E-state index in [2.05, 4.69) is 32.6 Å². The van der Waals surface area contributed by atoms with Crippen molar-refractivity contribution in [1.29, 1.82) is 0 Å². The zero-order valence-electron chi connectivity index (χ0n) is 10.4. The number of hydrogen-bond acceptors (Lipinski definition) is 1. The Morgan fingerprint density at radius 1 is 1.47 bits per heavy atom. The molecule has 1 heteroatoms. The third-order valence-electron chi connectivity index (χ3n) is 3.23. The first kappa shape index (κ1) is 12.3. The maximum Gasteiger partial charge on any atom is 0.137 e. The maximum absolute atomic E-state index is 10.1. The SMILES string of the molecule is CCC#CC(O)C1=C(C)CCCC1(C)C. The largest absolute Gasteiger partial charge is 0.376 e. The molecule has 0 spiro atoms. The summed E-state index contributed by atoms with van der Waals surface area (Å²) < 4.78 is 0. The van der Waals surface area contributed by atoms with Crippen LogP contribution in [0.2, 0.25) is 0 Å². The molecule has 0 aromatic heterocycles. The normalized spacial score (nSPS) is 21.9. The van der Waals surface area contributed by atoms with Crippen LogP contribution >= 0.6 is 0 Å². The van der Waals surface area contributed by atoms with Gasteiger partial charge in [0, 0.05) is 6.42 Å². The van der Waals surface area contributed by atoms with Crippen molar-refractivity contribution >= 4 is 0 Å². The zero-order valence-corrected chi connectivity index (χ0v) is 10.4. The van der Waals surface area contributed by atoms with Crippen LogP contribution in [0.4, 0.5) is 0 Å². The third-order valence-corrected chi connectivity index (χ3v) is 3.23. The van der Waals surface area contributed by atoms with Crippen LogP contribution in [0.5, 0.6) is 0 Å². The molecule has 1 aliphatic rings. The highest BCUT2D eigenvalue weighted by Gasteiger charge is 2.31. The van der Waals surface area contributed by atoms with Gasteiger partial charge in [0.15, 0.2) is 0 Å². The first-order valence-corrected chi connectivity index (χ1v) is 5.85. The first-order chi connectivity index (χ1) is 6.99. The summed E-state index contributed by atoms with van der Waals surface area (Å²) in [6.45, 7) is 8.56. The van der Waals surface area contributed by atoms with Crippen molar-refractivity contribution in [2.45, 2.75) is 59.5 Å². The fraction of sp³-hybridized carbons (Fsp3) is 0.714. The molecule has 1 atom stereocenters. The summed E-state index contributed by atoms with van der Waals surface area (Å²) in [5, 5.41) is 10.1. The van der Waals surface area contributed by atoms with Crippen LogP contribution in [0.3, 0.4) is 0 Å². The van der Waals surface area contributed by atoms with Crippen molar-refractivity contribution in [1.82, 2.24) is 0 Å². The van der Waals surface area contributed by atoms with Crippen LogP contribution in [0.15, 0.2) is 11.1 Å². The smallest absolute Gasteiger partial charge is 0.137 e. The van der Waals surface area contributed by atoms with E-state index in [1.54, 1.807) is 0 Å². The van der Waals surface area contributed by atoms with Gasteiger partial charge in [-0.25, -0.2) is 0 Å². The van der Waals surface area contributed by atoms with E-state index < -0.39 is 6.10 Å². The molecular formula is C14H22O. The Morgan fingerprint density at radius 3 is 2.67 bits per heavy atom. The Morgan fingerprint density at radius 2 is 2.13 bits per heavy atom. The van der Waals surface area contributed by atoms with Crippen molar-refractivity contribution in [3.8, 4) is 11.8 Å². The molecule has 0 bridgehead atoms. The van der Waals surface area contributed by atoms with Crippen LogP contribution in [-0.4, -0.2) is 11.2 Å². The summed E-state index contributed by atoms with van der Waals surface area (Å²) >= 11 is 0. The molecule has 0 aromatic carbocycles. The molecule has 84 valence electrons. The second kappa shape index (κ2) is 4.86. The van der Waals surface area contributed by atoms with Crippen molar-refractivity contribution in [2.75, 3.05) is 0 Å². The molecule has 1 N–H and O–H groups in total. The highest BCUT2D eigenvalue weighted by Crippen LogP contribution is 2.41. The Hall–Kier alpha value is -0.740. The van der Waals surface area contributed by atoms with E-state index in [4.69, 9.17) is 0 Å². The topological polar surface area (TPSA) is 20.2 Å². The minimum absolute atomic E-state index is 0.115. The standard InChI is InChI=1S/C14H22O/c1-5-6-9-12(15)13-11(2)8-7-10-14(13,3)4/h12,15H,5,7-8,10H2,1-4H3. The molecule has 0 aromatic rings. The van der Waals surface area contributed by atoms with Crippen LogP contribution in [0.1, 0.15) is 53.4 Å². The van der Waals surface area contributed by atoms with Crippen LogP contribution in [0.25, 0.3) is 0 Å². The maximum atomic E-state index is 10.1. The molecule has 0 saturated heterocycles. The summed E-state index contributed by atoms with van der Waals surface area (Å²) in [5.74, 6) is 5.91. The Balaban J connectivity index is 2.98. The minimum Gasteiger partial charge on any atom is -0.376 e. The van der Waals surface area contributed by atoms with Gasteiger partial charge in [-0.1, -0.05) is 32.3 Å². The molecule has 0 amide bonds. The van der Waals surface area contributed by atoms with Crippen molar-refractivity contribution in [2.24, 2.45) is 5.41 Å². The van der Waals surface area contributed by atoms with Crippen LogP contribution < -0.4 is 0 Å². The minimum atomic E-state index is -0.555. The summed E-state index contributed by atoms with van der Waals surface area (Å²) in [6, 6.07) is 0. The quantitative estimate of drug-likeness (QED) is 0.515. The van der Waals surface area contributed by atoms with Gasteiger partial charge < -0.3 is 5.11 Å². The second-order valence-corrected chi connectivity index (χ2v) is 5.01. The van der Waals surface area contributed by atoms with Crippen molar-refractivity contribution in [3.05, 3.63) is 11.1 Å². The van der Waals surface area contributed by atoms with Crippen molar-refractivity contribution in [3.63, 3.8) is 0 Å². The van der Waals surface area contributed by atoms with Crippen LogP contribution in [0, 0.1) is 17.3 Å². The van der Waals surface area contributed by atoms with E-state index >= 15 is 0 Å². The van der Waals surface area contributed by atoms with Gasteiger partial charge in [-0.2, -0.15) is 0 Å². The lowest BCUT2D eigenvalue weighted by molar-refractivity contribution is 0.214. The Kier molecular flexibility index (Phi) is 3.99. The molecule has 1 aliphatic carbocycles. The molecule has 1 nitrogen and oxygen atoms in total. The summed E-state index contributed by atoms with van der Waals surface area (Å²) in [6.07, 6.45) is 3.76. The number of hydrogen-bond donors (Lipinski definition) is 1. The summed E-state index contributed by atoms with van der Waals surface area (Å²) in [7, 11) is 0. The molecule has 0 heterocycles. The monoisotopic (exact) mass is 206 g/mol. The number of allylic oxidation sites excluding steroid dienone is 1. The van der Waals surface area contributed by atoms with Gasteiger partial charge >= 0.3 is 0 Å². The molecule has 0 radical (unpaired) electrons. The molecule has 15 heavy (non-hydrogen) atoms. The lowest BCUT2D eigenvalue weighted by Gasteiger charge is -2.35. The first-order valence-electron chi connectivity index (χ1n) is 5.85. The van der Waals surface area contributed by atoms with Gasteiger partial charge in [0.05, 0.1) is 0 Å². The van der Waals surface area contributed by atoms with Gasteiger partial charge in [0.2, 0.25) is 0 Å². The van der Waals surface area contributed by atoms with E-state index in [0.29, 0.717) is 0 Å². The zero-order chi connectivity index (χ0) is 11.5. The highest BCUT2D eigenvalue weighted by atomic mass is 16.3. The van der Waals surface area contributed by atoms with E-state index in [0.717, 1.165) is 24.8 Å². The van der Waals surface area contributed by atoms with E-state index in [-0.39, 0.29) is 5.41 Å². The molecule has 0 aliphatic heterocycles. The lowest BCUT2D eigenvalue weighted by atomic mass is 9.71. The van der Waals surface area contributed by atoms with Gasteiger partial charge in [-0.05, 0) is 37.2 Å². The van der Waals surface area contributed by atoms with Gasteiger partial charge in [0.1, 0.15) is 6.10 Å². The molecule has 1 unspecified atom stereocenters. The average Bonchev–Trinajstić information content (AvgIpc) is 2.13. The lowest BCUT2D eigenvalue weighted by Crippen LogP contribution is -2.28. The van der Waals surface area contributed by atoms with Crippen LogP contribution in [-0.2, 0) is 0 Å². The summed E-state index contributed by atoms with van der Waals surface area (Å²) in [4.78, 5) is 0. The third kappa shape index (κ3) is 2.86. The molecule has 0 fully saturated rings. The predicted octanol–water partition coefficient (Wildman–Crippen LogP) is 3.29. The van der Waals surface area contributed by atoms with E-state index in [1.165, 1.54) is 12.0 Å². The second-order valence-electron chi connectivity index (χ2n) is 5.01. The molecular weight excluding hydrogens is 184 g/mol. The highest BCUT2D eigenvalue weighted by molar-refractivity contribution is 5.32. The number of aliphatic hydroxyl groups excluding tert-OH is 1. The molecule has 0 saturated carbocycles. The average molecular weight is 206 g/mol. The number of rotatable bonds is 1. The fourth-order valence-electron chi connectivity index (χ4n) is 2.52. The predicted molar refractivity (Wildman–Crippen MR) is 64.4 cm³/mol. The van der Waals surface area contributed by atoms with Gasteiger partial charge in [0.25, 0.3) is 0 Å². The Labute approximate surface area is 93.6 Å². The summed E-state index contributed by atoms with van der Waals surface area (Å²) in [5.41, 5.74) is 2.61. The van der Waals surface area contributed by atoms with E-state index in [9.17, 15) is 5.11 Å². The van der Waals surface area contributed by atoms with Crippen molar-refractivity contribution < 1.29 is 5.11 Å².